The first kappa shape index (κ1) is 22.7. The molecule has 4 atom stereocenters. The van der Waals surface area contributed by atoms with Crippen LogP contribution in [0.4, 0.5) is 19.0 Å². The van der Waals surface area contributed by atoms with E-state index in [1.54, 1.807) is 6.07 Å². The first-order valence-corrected chi connectivity index (χ1v) is 11.9. The average molecular weight is 456 g/mol. The highest BCUT2D eigenvalue weighted by atomic mass is 19.2. The van der Waals surface area contributed by atoms with Gasteiger partial charge < -0.3 is 15.0 Å². The standard InChI is InChI=1S/C23H29B2F3N4O/c24-23(25,20-3-1-2-6-33-20)32-11-13-7-16(8-14(13)12-32)29-21-5-4-19(30-31-21)17-9-15(26)10-18(27)22(17)28/h4-5,9-10,13-14,16,20H,1-3,6-8,11-12,24-25H2,(H,29,31)/t13-,14+,16+,20?. The van der Waals surface area contributed by atoms with Crippen molar-refractivity contribution >= 4 is 21.5 Å². The van der Waals surface area contributed by atoms with E-state index < -0.39 is 17.5 Å². The molecule has 0 spiro atoms. The third-order valence-electron chi connectivity index (χ3n) is 7.82. The van der Waals surface area contributed by atoms with Gasteiger partial charge in [0.25, 0.3) is 0 Å². The predicted molar refractivity (Wildman–Crippen MR) is 126 cm³/mol. The molecule has 1 aromatic carbocycles. The smallest absolute Gasteiger partial charge is 0.168 e. The van der Waals surface area contributed by atoms with E-state index in [2.05, 4.69) is 36.1 Å². The topological polar surface area (TPSA) is 50.3 Å². The zero-order valence-corrected chi connectivity index (χ0v) is 19.2. The number of aromatic nitrogens is 2. The highest BCUT2D eigenvalue weighted by molar-refractivity contribution is 6.40. The van der Waals surface area contributed by atoms with Gasteiger partial charge in [0, 0.05) is 37.4 Å². The molecule has 1 aromatic heterocycles. The Morgan fingerprint density at radius 3 is 2.42 bits per heavy atom. The van der Waals surface area contributed by atoms with E-state index in [1.165, 1.54) is 18.9 Å². The zero-order chi connectivity index (χ0) is 23.2. The number of nitrogens with one attached hydrogen (secondary N) is 1. The van der Waals surface area contributed by atoms with Crippen molar-refractivity contribution in [3.05, 3.63) is 41.7 Å². The second kappa shape index (κ2) is 8.95. The maximum atomic E-state index is 14.0. The van der Waals surface area contributed by atoms with Gasteiger partial charge in [-0.05, 0) is 67.5 Å². The normalized spacial score (nSPS) is 28.1. The van der Waals surface area contributed by atoms with Crippen molar-refractivity contribution in [3.63, 3.8) is 0 Å². The Kier molecular flexibility index (Phi) is 6.16. The molecule has 0 radical (unpaired) electrons. The monoisotopic (exact) mass is 456 g/mol. The van der Waals surface area contributed by atoms with Crippen molar-refractivity contribution in [1.29, 1.82) is 0 Å². The number of nitrogens with zero attached hydrogens (tertiary/aromatic N) is 3. The van der Waals surface area contributed by atoms with Crippen LogP contribution in [0.25, 0.3) is 11.3 Å². The minimum Gasteiger partial charge on any atom is -0.378 e. The van der Waals surface area contributed by atoms with Crippen molar-refractivity contribution in [1.82, 2.24) is 15.1 Å². The molecule has 2 saturated heterocycles. The Labute approximate surface area is 194 Å². The van der Waals surface area contributed by atoms with Crippen LogP contribution in [0, 0.1) is 29.3 Å². The van der Waals surface area contributed by atoms with Gasteiger partial charge in [0.05, 0.1) is 11.8 Å². The summed E-state index contributed by atoms with van der Waals surface area (Å²) < 4.78 is 47.1. The number of anilines is 1. The molecule has 1 saturated carbocycles. The van der Waals surface area contributed by atoms with Gasteiger partial charge in [-0.1, -0.05) is 0 Å². The van der Waals surface area contributed by atoms with Gasteiger partial charge in [0.1, 0.15) is 27.3 Å². The summed E-state index contributed by atoms with van der Waals surface area (Å²) in [5.41, 5.74) is -0.130. The van der Waals surface area contributed by atoms with Gasteiger partial charge in [-0.2, -0.15) is 0 Å². The lowest BCUT2D eigenvalue weighted by Crippen LogP contribution is -2.59. The van der Waals surface area contributed by atoms with Crippen molar-refractivity contribution in [2.75, 3.05) is 25.0 Å². The lowest BCUT2D eigenvalue weighted by Gasteiger charge is -2.44. The third kappa shape index (κ3) is 4.52. The second-order valence-corrected chi connectivity index (χ2v) is 10.3. The lowest BCUT2D eigenvalue weighted by molar-refractivity contribution is -0.0287. The molecule has 1 N–H and O–H groups in total. The molecule has 2 aromatic rings. The number of benzene rings is 1. The predicted octanol–water partition coefficient (Wildman–Crippen LogP) is 2.17. The van der Waals surface area contributed by atoms with E-state index in [1.807, 2.05) is 0 Å². The van der Waals surface area contributed by atoms with Crippen LogP contribution in [0.1, 0.15) is 32.1 Å². The maximum Gasteiger partial charge on any atom is 0.168 e. The first-order valence-electron chi connectivity index (χ1n) is 11.9. The summed E-state index contributed by atoms with van der Waals surface area (Å²) in [6, 6.07) is 4.98. The molecule has 2 aliphatic heterocycles. The highest BCUT2D eigenvalue weighted by Crippen LogP contribution is 2.42. The maximum absolute atomic E-state index is 14.0. The fraction of sp³-hybridized carbons (Fsp3) is 0.565. The Morgan fingerprint density at radius 1 is 1.03 bits per heavy atom. The number of hydrogen-bond donors (Lipinski definition) is 1. The Balaban J connectivity index is 1.19. The average Bonchev–Trinajstić information content (AvgIpc) is 3.37. The summed E-state index contributed by atoms with van der Waals surface area (Å²) in [6.45, 7) is 3.05. The molecular formula is C23H29B2F3N4O. The molecule has 3 aliphatic rings. The number of likely N-dealkylation sites (tertiary alicyclic amines) is 1. The van der Waals surface area contributed by atoms with Crippen LogP contribution >= 0.6 is 0 Å². The van der Waals surface area contributed by atoms with Crippen molar-refractivity contribution in [3.8, 4) is 11.3 Å². The van der Waals surface area contributed by atoms with Crippen molar-refractivity contribution in [2.45, 2.75) is 49.6 Å². The minimum atomic E-state index is -1.24. The Hall–Kier alpha value is -2.06. The van der Waals surface area contributed by atoms with E-state index in [0.29, 0.717) is 35.9 Å². The van der Waals surface area contributed by atoms with Gasteiger partial charge in [-0.25, -0.2) is 13.2 Å². The molecule has 1 aliphatic carbocycles. The summed E-state index contributed by atoms with van der Waals surface area (Å²) in [5, 5.41) is 11.6. The van der Waals surface area contributed by atoms with Crippen molar-refractivity contribution in [2.24, 2.45) is 11.8 Å². The van der Waals surface area contributed by atoms with Gasteiger partial charge in [-0.15, -0.1) is 10.2 Å². The molecule has 10 heteroatoms. The summed E-state index contributed by atoms with van der Waals surface area (Å²) >= 11 is 0. The Bertz CT molecular complexity index is 990. The quantitative estimate of drug-likeness (QED) is 0.553. The minimum absolute atomic E-state index is 0.0562. The SMILES string of the molecule is BC(B)(C1CCCCO1)N1C[C@H]2C[C@H](Nc3ccc(-c4cc(F)cc(F)c4F)nn3)C[C@H]2C1. The number of ether oxygens (including phenoxy) is 1. The molecule has 0 bridgehead atoms. The number of hydrogen-bond acceptors (Lipinski definition) is 5. The van der Waals surface area contributed by atoms with Crippen LogP contribution in [0.2, 0.25) is 0 Å². The summed E-state index contributed by atoms with van der Waals surface area (Å²) in [4.78, 5) is 2.62. The van der Waals surface area contributed by atoms with Gasteiger partial charge in [0.2, 0.25) is 0 Å². The van der Waals surface area contributed by atoms with E-state index in [0.717, 1.165) is 45.0 Å². The number of fused-ring (bicyclic) bond motifs is 1. The summed E-state index contributed by atoms with van der Waals surface area (Å²) in [5.74, 6) is -1.34. The molecule has 1 unspecified atom stereocenters. The molecule has 33 heavy (non-hydrogen) atoms. The van der Waals surface area contributed by atoms with Crippen LogP contribution in [-0.2, 0) is 4.74 Å². The molecule has 5 nitrogen and oxygen atoms in total. The van der Waals surface area contributed by atoms with Crippen LogP contribution in [0.5, 0.6) is 0 Å². The first-order chi connectivity index (χ1) is 15.8. The van der Waals surface area contributed by atoms with Crippen LogP contribution in [0.15, 0.2) is 24.3 Å². The van der Waals surface area contributed by atoms with Gasteiger partial charge in [-0.3, -0.25) is 0 Å². The van der Waals surface area contributed by atoms with E-state index in [-0.39, 0.29) is 16.6 Å². The van der Waals surface area contributed by atoms with Crippen LogP contribution < -0.4 is 5.32 Å². The fourth-order valence-electron chi connectivity index (χ4n) is 5.89. The number of rotatable bonds is 5. The van der Waals surface area contributed by atoms with Gasteiger partial charge >= 0.3 is 0 Å². The zero-order valence-electron chi connectivity index (χ0n) is 19.2. The molecule has 3 heterocycles. The summed E-state index contributed by atoms with van der Waals surface area (Å²) in [7, 11) is 4.65. The van der Waals surface area contributed by atoms with E-state index in [4.69, 9.17) is 4.74 Å². The lowest BCUT2D eigenvalue weighted by atomic mass is 9.56. The van der Waals surface area contributed by atoms with E-state index in [9.17, 15) is 13.2 Å². The Morgan fingerprint density at radius 2 is 1.79 bits per heavy atom. The number of halogens is 3. The fourth-order valence-corrected chi connectivity index (χ4v) is 5.89. The molecule has 5 rings (SSSR count). The molecule has 174 valence electrons. The highest BCUT2D eigenvalue weighted by Gasteiger charge is 2.47. The summed E-state index contributed by atoms with van der Waals surface area (Å²) in [6.07, 6.45) is 6.00. The van der Waals surface area contributed by atoms with E-state index >= 15 is 0 Å². The largest absolute Gasteiger partial charge is 0.378 e. The third-order valence-corrected chi connectivity index (χ3v) is 7.82. The molecule has 3 fully saturated rings. The van der Waals surface area contributed by atoms with Crippen LogP contribution in [0.3, 0.4) is 0 Å². The molecule has 0 amide bonds. The molecular weight excluding hydrogens is 427 g/mol. The second-order valence-electron chi connectivity index (χ2n) is 10.3. The van der Waals surface area contributed by atoms with Crippen molar-refractivity contribution < 1.29 is 17.9 Å². The van der Waals surface area contributed by atoms with Gasteiger partial charge in [0.15, 0.2) is 11.6 Å². The van der Waals surface area contributed by atoms with Crippen LogP contribution in [-0.4, -0.2) is 68.0 Å².